The molecule has 1 aliphatic heterocycles. The van der Waals surface area contributed by atoms with Crippen LogP contribution in [0, 0.1) is 0 Å². The van der Waals surface area contributed by atoms with Crippen molar-refractivity contribution < 1.29 is 0 Å². The van der Waals surface area contributed by atoms with Gasteiger partial charge in [0.1, 0.15) is 0 Å². The third-order valence-corrected chi connectivity index (χ3v) is 1.61. The first-order chi connectivity index (χ1) is 4.43. The molecule has 0 unspecified atom stereocenters. The molecule has 0 amide bonds. The van der Waals surface area contributed by atoms with Crippen molar-refractivity contribution in [2.75, 3.05) is 13.1 Å². The molecule has 0 aliphatic carbocycles. The number of nitrogens with one attached hydrogen (secondary N) is 1. The predicted octanol–water partition coefficient (Wildman–Crippen LogP) is 0.841. The summed E-state index contributed by atoms with van der Waals surface area (Å²) in [6.07, 6.45) is 2.38. The fourth-order valence-electron chi connectivity index (χ4n) is 1.02. The van der Waals surface area contributed by atoms with Gasteiger partial charge in [0.25, 0.3) is 0 Å². The number of aliphatic imine (C=N–C) groups is 1. The molecule has 1 rings (SSSR count). The highest BCUT2D eigenvalue weighted by atomic mass is 32.1. The minimum Gasteiger partial charge on any atom is -0.315 e. The second-order valence-corrected chi connectivity index (χ2v) is 2.40. The van der Waals surface area contributed by atoms with Gasteiger partial charge in [0.05, 0.1) is 11.2 Å². The second kappa shape index (κ2) is 3.72. The quantitative estimate of drug-likeness (QED) is 0.433. The van der Waals surface area contributed by atoms with Crippen LogP contribution in [0.4, 0.5) is 0 Å². The van der Waals surface area contributed by atoms with Crippen LogP contribution in [-0.4, -0.2) is 24.3 Å². The third kappa shape index (κ3) is 2.22. The van der Waals surface area contributed by atoms with E-state index in [1.807, 2.05) is 0 Å². The normalized spacial score (nSPS) is 26.9. The van der Waals surface area contributed by atoms with E-state index in [2.05, 4.69) is 27.7 Å². The smallest absolute Gasteiger partial charge is 0.0727 e. The van der Waals surface area contributed by atoms with Gasteiger partial charge in [-0.15, -0.1) is 0 Å². The lowest BCUT2D eigenvalue weighted by Crippen LogP contribution is -2.32. The minimum atomic E-state index is 0.399. The molecule has 50 valence electrons. The van der Waals surface area contributed by atoms with Gasteiger partial charge in [0, 0.05) is 6.54 Å². The van der Waals surface area contributed by atoms with E-state index in [9.17, 15) is 0 Å². The van der Waals surface area contributed by atoms with Crippen molar-refractivity contribution >= 4 is 17.4 Å². The maximum absolute atomic E-state index is 4.49. The zero-order valence-corrected chi connectivity index (χ0v) is 6.08. The largest absolute Gasteiger partial charge is 0.315 e. The molecule has 1 saturated heterocycles. The van der Waals surface area contributed by atoms with Gasteiger partial charge >= 0.3 is 0 Å². The van der Waals surface area contributed by atoms with Gasteiger partial charge in [-0.1, -0.05) is 0 Å². The van der Waals surface area contributed by atoms with E-state index >= 15 is 0 Å². The number of nitrogens with zero attached hydrogens (tertiary/aromatic N) is 1. The zero-order valence-electron chi connectivity index (χ0n) is 5.26. The summed E-state index contributed by atoms with van der Waals surface area (Å²) < 4.78 is 0. The zero-order chi connectivity index (χ0) is 6.53. The molecule has 0 aromatic rings. The van der Waals surface area contributed by atoms with E-state index in [0.717, 1.165) is 19.5 Å². The Bertz CT molecular complexity index is 123. The number of isothiocyanates is 1. The summed E-state index contributed by atoms with van der Waals surface area (Å²) in [4.78, 5) is 3.99. The van der Waals surface area contributed by atoms with Gasteiger partial charge in [-0.3, -0.25) is 0 Å². The van der Waals surface area contributed by atoms with Crippen molar-refractivity contribution in [3.8, 4) is 0 Å². The molecule has 0 radical (unpaired) electrons. The topological polar surface area (TPSA) is 24.4 Å². The van der Waals surface area contributed by atoms with Gasteiger partial charge in [0.15, 0.2) is 0 Å². The van der Waals surface area contributed by atoms with E-state index in [0.29, 0.717) is 6.04 Å². The Labute approximate surface area is 60.4 Å². The van der Waals surface area contributed by atoms with Crippen LogP contribution in [0.3, 0.4) is 0 Å². The summed E-state index contributed by atoms with van der Waals surface area (Å²) in [7, 11) is 0. The van der Waals surface area contributed by atoms with Crippen molar-refractivity contribution in [3.63, 3.8) is 0 Å². The monoisotopic (exact) mass is 142 g/mol. The molecule has 0 aromatic carbocycles. The summed E-state index contributed by atoms with van der Waals surface area (Å²) >= 11 is 4.49. The van der Waals surface area contributed by atoms with E-state index in [4.69, 9.17) is 0 Å². The molecule has 1 heterocycles. The maximum Gasteiger partial charge on any atom is 0.0727 e. The lowest BCUT2D eigenvalue weighted by molar-refractivity contribution is 0.462. The lowest BCUT2D eigenvalue weighted by atomic mass is 10.1. The molecule has 1 aliphatic rings. The average molecular weight is 142 g/mol. The van der Waals surface area contributed by atoms with Crippen molar-refractivity contribution in [2.45, 2.75) is 18.9 Å². The Hall–Kier alpha value is -0.240. The number of hydrogen-bond acceptors (Lipinski definition) is 3. The molecule has 0 aromatic heterocycles. The first-order valence-electron chi connectivity index (χ1n) is 3.21. The fraction of sp³-hybridized carbons (Fsp3) is 0.833. The number of thiocarbonyl (C=S) groups is 1. The first-order valence-corrected chi connectivity index (χ1v) is 3.62. The van der Waals surface area contributed by atoms with E-state index in [1.165, 1.54) is 6.42 Å². The lowest BCUT2D eigenvalue weighted by Gasteiger charge is -2.17. The van der Waals surface area contributed by atoms with Crippen LogP contribution >= 0.6 is 12.2 Å². The Kier molecular flexibility index (Phi) is 2.84. The Morgan fingerprint density at radius 3 is 3.11 bits per heavy atom. The minimum absolute atomic E-state index is 0.399. The second-order valence-electron chi connectivity index (χ2n) is 2.22. The molecular weight excluding hydrogens is 132 g/mol. The van der Waals surface area contributed by atoms with Crippen LogP contribution in [0.15, 0.2) is 4.99 Å². The Balaban J connectivity index is 2.31. The van der Waals surface area contributed by atoms with Gasteiger partial charge in [-0.2, -0.15) is 0 Å². The molecule has 1 N–H and O–H groups in total. The van der Waals surface area contributed by atoms with Crippen LogP contribution in [0.5, 0.6) is 0 Å². The van der Waals surface area contributed by atoms with E-state index in [-0.39, 0.29) is 0 Å². The van der Waals surface area contributed by atoms with Crippen LogP contribution in [0.2, 0.25) is 0 Å². The highest BCUT2D eigenvalue weighted by Gasteiger charge is 2.09. The van der Waals surface area contributed by atoms with Crippen LogP contribution in [0.1, 0.15) is 12.8 Å². The molecule has 1 atom stereocenters. The number of hydrogen-bond donors (Lipinski definition) is 1. The third-order valence-electron chi connectivity index (χ3n) is 1.51. The van der Waals surface area contributed by atoms with Crippen LogP contribution in [-0.2, 0) is 0 Å². The molecule has 0 saturated carbocycles. The van der Waals surface area contributed by atoms with Crippen LogP contribution < -0.4 is 5.32 Å². The Morgan fingerprint density at radius 1 is 1.67 bits per heavy atom. The maximum atomic E-state index is 4.49. The van der Waals surface area contributed by atoms with Crippen molar-refractivity contribution in [3.05, 3.63) is 0 Å². The SMILES string of the molecule is S=C=N[C@@H]1CCCNC1. The average Bonchev–Trinajstić information content (AvgIpc) is 1.91. The molecule has 0 spiro atoms. The molecule has 0 bridgehead atoms. The predicted molar refractivity (Wildman–Crippen MR) is 40.9 cm³/mol. The van der Waals surface area contributed by atoms with E-state index < -0.39 is 0 Å². The molecular formula is C6H10N2S. The summed E-state index contributed by atoms with van der Waals surface area (Å²) in [6.45, 7) is 2.10. The summed E-state index contributed by atoms with van der Waals surface area (Å²) in [5.74, 6) is 0. The highest BCUT2D eigenvalue weighted by Crippen LogP contribution is 2.03. The Morgan fingerprint density at radius 2 is 2.56 bits per heavy atom. The summed E-state index contributed by atoms with van der Waals surface area (Å²) in [5.41, 5.74) is 0. The van der Waals surface area contributed by atoms with Crippen LogP contribution in [0.25, 0.3) is 0 Å². The highest BCUT2D eigenvalue weighted by molar-refractivity contribution is 7.78. The number of rotatable bonds is 1. The first kappa shape index (κ1) is 6.87. The van der Waals surface area contributed by atoms with Crippen molar-refractivity contribution in [1.82, 2.24) is 5.32 Å². The molecule has 9 heavy (non-hydrogen) atoms. The van der Waals surface area contributed by atoms with Gasteiger partial charge in [-0.25, -0.2) is 4.99 Å². The van der Waals surface area contributed by atoms with Crippen molar-refractivity contribution in [1.29, 1.82) is 0 Å². The molecule has 1 fully saturated rings. The van der Waals surface area contributed by atoms with Gasteiger partial charge in [-0.05, 0) is 31.6 Å². The molecule has 3 heteroatoms. The standard InChI is InChI=1S/C6H10N2S/c9-5-8-6-2-1-3-7-4-6/h6-7H,1-4H2/t6-/m1/s1. The fourth-order valence-corrected chi connectivity index (χ4v) is 1.17. The molecule has 2 nitrogen and oxygen atoms in total. The summed E-state index contributed by atoms with van der Waals surface area (Å²) in [5, 5.41) is 5.65. The van der Waals surface area contributed by atoms with Crippen molar-refractivity contribution in [2.24, 2.45) is 4.99 Å². The van der Waals surface area contributed by atoms with Gasteiger partial charge in [0.2, 0.25) is 0 Å². The summed E-state index contributed by atoms with van der Waals surface area (Å²) in [6, 6.07) is 0.399. The van der Waals surface area contributed by atoms with E-state index in [1.54, 1.807) is 0 Å². The number of piperidine rings is 1. The van der Waals surface area contributed by atoms with Gasteiger partial charge < -0.3 is 5.32 Å².